The Morgan fingerprint density at radius 2 is 2.62 bits per heavy atom. The van der Waals surface area contributed by atoms with E-state index >= 15 is 0 Å². The average Bonchev–Trinajstić information content (AvgIpc) is 2.14. The lowest BCUT2D eigenvalue weighted by Crippen LogP contribution is -2.13. The molecule has 1 saturated heterocycles. The lowest BCUT2D eigenvalue weighted by molar-refractivity contribution is -0.116. The Balaban J connectivity index is 2.32. The molecule has 1 fully saturated rings. The quantitative estimate of drug-likeness (QED) is 0.545. The zero-order valence-electron chi connectivity index (χ0n) is 4.59. The van der Waals surface area contributed by atoms with Gasteiger partial charge in [0.1, 0.15) is 5.78 Å². The number of hydrogen-bond donors (Lipinski definition) is 1. The van der Waals surface area contributed by atoms with E-state index in [1.807, 2.05) is 0 Å². The van der Waals surface area contributed by atoms with E-state index in [1.54, 1.807) is 11.8 Å². The van der Waals surface area contributed by atoms with Gasteiger partial charge in [0.15, 0.2) is 0 Å². The summed E-state index contributed by atoms with van der Waals surface area (Å²) in [6.45, 7) is 0.649. The molecule has 0 aromatic rings. The van der Waals surface area contributed by atoms with Crippen LogP contribution in [0.2, 0.25) is 0 Å². The molecule has 0 spiro atoms. The predicted molar refractivity (Wildman–Crippen MR) is 34.9 cm³/mol. The summed E-state index contributed by atoms with van der Waals surface area (Å²) in [7, 11) is 0. The molecule has 0 aromatic heterocycles. The second-order valence-corrected chi connectivity index (χ2v) is 3.20. The second-order valence-electron chi connectivity index (χ2n) is 1.91. The summed E-state index contributed by atoms with van der Waals surface area (Å²) in [6, 6.07) is 0. The first-order valence-corrected chi connectivity index (χ1v) is 3.71. The first-order valence-electron chi connectivity index (χ1n) is 2.66. The monoisotopic (exact) mass is 131 g/mol. The lowest BCUT2D eigenvalue weighted by atomic mass is 10.2. The van der Waals surface area contributed by atoms with Crippen LogP contribution in [-0.2, 0) is 4.79 Å². The lowest BCUT2D eigenvalue weighted by Gasteiger charge is -1.98. The molecule has 2 nitrogen and oxygen atoms in total. The van der Waals surface area contributed by atoms with Gasteiger partial charge in [0.2, 0.25) is 0 Å². The van der Waals surface area contributed by atoms with Crippen molar-refractivity contribution in [2.45, 2.75) is 11.7 Å². The Labute approximate surface area is 52.8 Å². The highest BCUT2D eigenvalue weighted by atomic mass is 32.2. The van der Waals surface area contributed by atoms with E-state index in [0.717, 1.165) is 0 Å². The molecule has 0 aromatic carbocycles. The van der Waals surface area contributed by atoms with Crippen molar-refractivity contribution in [1.29, 1.82) is 0 Å². The van der Waals surface area contributed by atoms with Gasteiger partial charge in [0.25, 0.3) is 0 Å². The molecule has 2 N–H and O–H groups in total. The largest absolute Gasteiger partial charge is 0.329 e. The van der Waals surface area contributed by atoms with Gasteiger partial charge in [-0.1, -0.05) is 0 Å². The maximum Gasteiger partial charge on any atom is 0.143 e. The first-order chi connectivity index (χ1) is 3.83. The summed E-state index contributed by atoms with van der Waals surface area (Å²) in [5.41, 5.74) is 5.32. The van der Waals surface area contributed by atoms with Crippen molar-refractivity contribution in [1.82, 2.24) is 0 Å². The van der Waals surface area contributed by atoms with Gasteiger partial charge < -0.3 is 5.73 Å². The maximum atomic E-state index is 10.5. The van der Waals surface area contributed by atoms with Crippen LogP contribution in [-0.4, -0.2) is 23.3 Å². The predicted octanol–water partition coefficient (Wildman–Crippen LogP) is 0.0197. The van der Waals surface area contributed by atoms with Crippen LogP contribution in [0.25, 0.3) is 0 Å². The normalized spacial score (nSPS) is 29.1. The molecule has 1 atom stereocenters. The van der Waals surface area contributed by atoms with E-state index < -0.39 is 0 Å². The Hall–Kier alpha value is -0.0200. The van der Waals surface area contributed by atoms with E-state index in [2.05, 4.69) is 0 Å². The number of Topliss-reactive ketones (excluding diaryl/α,β-unsaturated/α-hetero) is 1. The highest BCUT2D eigenvalue weighted by Gasteiger charge is 2.20. The third kappa shape index (κ3) is 1.23. The van der Waals surface area contributed by atoms with Crippen molar-refractivity contribution in [3.63, 3.8) is 0 Å². The highest BCUT2D eigenvalue weighted by Crippen LogP contribution is 2.21. The van der Waals surface area contributed by atoms with E-state index in [-0.39, 0.29) is 0 Å². The Morgan fingerprint density at radius 3 is 2.88 bits per heavy atom. The van der Waals surface area contributed by atoms with Gasteiger partial charge in [-0.15, -0.1) is 11.8 Å². The molecule has 8 heavy (non-hydrogen) atoms. The molecular weight excluding hydrogens is 122 g/mol. The van der Waals surface area contributed by atoms with Gasteiger partial charge in [0, 0.05) is 18.2 Å². The molecule has 0 amide bonds. The SMILES string of the molecule is NCC1CC(=O)CS1. The summed E-state index contributed by atoms with van der Waals surface area (Å²) < 4.78 is 0. The minimum Gasteiger partial charge on any atom is -0.329 e. The van der Waals surface area contributed by atoms with Crippen LogP contribution in [0.15, 0.2) is 0 Å². The molecule has 3 heteroatoms. The molecule has 1 heterocycles. The zero-order chi connectivity index (χ0) is 5.98. The van der Waals surface area contributed by atoms with Crippen molar-refractivity contribution in [3.8, 4) is 0 Å². The minimum absolute atomic E-state index is 0.352. The van der Waals surface area contributed by atoms with Gasteiger partial charge >= 0.3 is 0 Å². The Morgan fingerprint density at radius 1 is 1.88 bits per heavy atom. The number of hydrogen-bond acceptors (Lipinski definition) is 3. The van der Waals surface area contributed by atoms with Crippen LogP contribution in [0.3, 0.4) is 0 Å². The average molecular weight is 131 g/mol. The number of nitrogens with two attached hydrogens (primary N) is 1. The fourth-order valence-corrected chi connectivity index (χ4v) is 1.71. The minimum atomic E-state index is 0.352. The number of carbonyl (C=O) groups is 1. The van der Waals surface area contributed by atoms with Crippen LogP contribution >= 0.6 is 11.8 Å². The summed E-state index contributed by atoms with van der Waals surface area (Å²) in [5, 5.41) is 0.419. The van der Waals surface area contributed by atoms with Gasteiger partial charge in [-0.2, -0.15) is 0 Å². The molecule has 0 radical (unpaired) electrons. The van der Waals surface area contributed by atoms with Crippen LogP contribution in [0, 0.1) is 0 Å². The standard InChI is InChI=1S/C5H9NOS/c6-2-5-1-4(7)3-8-5/h5H,1-3,6H2. The van der Waals surface area contributed by atoms with Crippen molar-refractivity contribution >= 4 is 17.5 Å². The first kappa shape index (κ1) is 6.11. The molecular formula is C5H9NOS. The summed E-state index contributed by atoms with van der Waals surface area (Å²) in [4.78, 5) is 10.5. The van der Waals surface area contributed by atoms with Crippen LogP contribution in [0.4, 0.5) is 0 Å². The molecule has 0 bridgehead atoms. The van der Waals surface area contributed by atoms with Gasteiger partial charge in [-0.25, -0.2) is 0 Å². The molecule has 1 rings (SSSR count). The smallest absolute Gasteiger partial charge is 0.143 e. The van der Waals surface area contributed by atoms with Crippen LogP contribution in [0.1, 0.15) is 6.42 Å². The third-order valence-corrected chi connectivity index (χ3v) is 2.52. The number of ketones is 1. The van der Waals surface area contributed by atoms with Gasteiger partial charge in [-0.05, 0) is 0 Å². The summed E-state index contributed by atoms with van der Waals surface area (Å²) >= 11 is 1.68. The molecule has 0 aliphatic carbocycles. The van der Waals surface area contributed by atoms with Crippen LogP contribution in [0.5, 0.6) is 0 Å². The molecule has 1 aliphatic rings. The van der Waals surface area contributed by atoms with Crippen molar-refractivity contribution < 1.29 is 4.79 Å². The molecule has 0 saturated carbocycles. The number of thioether (sulfide) groups is 1. The van der Waals surface area contributed by atoms with Crippen molar-refractivity contribution in [2.75, 3.05) is 12.3 Å². The van der Waals surface area contributed by atoms with Crippen LogP contribution < -0.4 is 5.73 Å². The third-order valence-electron chi connectivity index (χ3n) is 1.20. The fraction of sp³-hybridized carbons (Fsp3) is 0.800. The highest BCUT2D eigenvalue weighted by molar-refractivity contribution is 8.01. The van der Waals surface area contributed by atoms with E-state index in [1.165, 1.54) is 0 Å². The zero-order valence-corrected chi connectivity index (χ0v) is 5.41. The Kier molecular flexibility index (Phi) is 1.91. The molecule has 1 unspecified atom stereocenters. The number of carbonyl (C=O) groups excluding carboxylic acids is 1. The summed E-state index contributed by atoms with van der Waals surface area (Å²) in [5.74, 6) is 1.03. The van der Waals surface area contributed by atoms with E-state index in [0.29, 0.717) is 29.8 Å². The maximum absolute atomic E-state index is 10.5. The topological polar surface area (TPSA) is 43.1 Å². The van der Waals surface area contributed by atoms with Crippen molar-refractivity contribution in [3.05, 3.63) is 0 Å². The van der Waals surface area contributed by atoms with E-state index in [9.17, 15) is 4.79 Å². The molecule has 46 valence electrons. The summed E-state index contributed by atoms with van der Waals surface area (Å²) in [6.07, 6.45) is 0.696. The van der Waals surface area contributed by atoms with Gasteiger partial charge in [0.05, 0.1) is 5.75 Å². The molecule has 1 aliphatic heterocycles. The van der Waals surface area contributed by atoms with Gasteiger partial charge in [-0.3, -0.25) is 4.79 Å². The Bertz CT molecular complexity index is 105. The van der Waals surface area contributed by atoms with E-state index in [4.69, 9.17) is 5.73 Å². The second kappa shape index (κ2) is 2.51. The number of rotatable bonds is 1. The van der Waals surface area contributed by atoms with Crippen molar-refractivity contribution in [2.24, 2.45) is 5.73 Å². The fourth-order valence-electron chi connectivity index (χ4n) is 0.734.